The molecule has 0 atom stereocenters. The summed E-state index contributed by atoms with van der Waals surface area (Å²) in [7, 11) is 0. The lowest BCUT2D eigenvalue weighted by Gasteiger charge is -2.04. The van der Waals surface area contributed by atoms with Crippen molar-refractivity contribution in [2.45, 2.75) is 14.4 Å². The van der Waals surface area contributed by atoms with E-state index in [1.165, 1.54) is 34.9 Å². The number of carbonyl (C=O) groups is 1. The summed E-state index contributed by atoms with van der Waals surface area (Å²) in [5.74, 6) is 0.864. The van der Waals surface area contributed by atoms with E-state index in [0.29, 0.717) is 5.56 Å². The van der Waals surface area contributed by atoms with Crippen LogP contribution in [0.5, 0.6) is 5.75 Å². The minimum atomic E-state index is -0.255. The smallest absolute Gasteiger partial charge is 0.250 e. The third kappa shape index (κ3) is 5.84. The fourth-order valence-corrected chi connectivity index (χ4v) is 5.55. The molecule has 0 saturated carbocycles. The number of hydrazone groups is 1. The largest absolute Gasteiger partial charge is 0.507 e. The normalized spacial score (nSPS) is 11.2. The van der Waals surface area contributed by atoms with Crippen LogP contribution in [0, 0.1) is 0 Å². The van der Waals surface area contributed by atoms with Gasteiger partial charge in [0.05, 0.1) is 12.0 Å². The van der Waals surface area contributed by atoms with Gasteiger partial charge in [-0.1, -0.05) is 95.5 Å². The minimum Gasteiger partial charge on any atom is -0.507 e. The average molecular weight is 467 g/mol. The molecule has 1 aromatic heterocycles. The Labute approximate surface area is 191 Å². The van der Waals surface area contributed by atoms with Crippen molar-refractivity contribution in [1.29, 1.82) is 0 Å². The van der Waals surface area contributed by atoms with Crippen molar-refractivity contribution in [3.8, 4) is 5.75 Å². The number of rotatable bonds is 8. The lowest BCUT2D eigenvalue weighted by atomic mass is 10.0. The molecule has 1 heterocycles. The van der Waals surface area contributed by atoms with E-state index in [9.17, 15) is 9.90 Å². The highest BCUT2D eigenvalue weighted by Gasteiger charge is 2.09. The van der Waals surface area contributed by atoms with Gasteiger partial charge in [-0.3, -0.25) is 4.79 Å². The number of aromatic hydroxyl groups is 1. The molecule has 0 unspecified atom stereocenters. The number of hydrogen-bond acceptors (Lipinski definition) is 8. The summed E-state index contributed by atoms with van der Waals surface area (Å²) in [6.07, 6.45) is 1.46. The van der Waals surface area contributed by atoms with E-state index in [1.807, 2.05) is 48.5 Å². The van der Waals surface area contributed by atoms with Crippen LogP contribution >= 0.6 is 34.9 Å². The second-order valence-corrected chi connectivity index (χ2v) is 9.83. The summed E-state index contributed by atoms with van der Waals surface area (Å²) < 4.78 is 1.61. The van der Waals surface area contributed by atoms with Crippen LogP contribution in [-0.2, 0) is 10.5 Å². The molecule has 1 amide bonds. The van der Waals surface area contributed by atoms with Gasteiger partial charge in [0.25, 0.3) is 5.91 Å². The van der Waals surface area contributed by atoms with E-state index in [4.69, 9.17) is 0 Å². The third-order valence-electron chi connectivity index (χ3n) is 4.25. The molecule has 0 aliphatic heterocycles. The van der Waals surface area contributed by atoms with Crippen LogP contribution in [0.25, 0.3) is 10.8 Å². The number of amides is 1. The van der Waals surface area contributed by atoms with Crippen LogP contribution in [0.4, 0.5) is 0 Å². The first-order valence-corrected chi connectivity index (χ1v) is 12.1. The van der Waals surface area contributed by atoms with E-state index < -0.39 is 0 Å². The van der Waals surface area contributed by atoms with E-state index >= 15 is 0 Å². The number of phenols is 1. The Morgan fingerprint density at radius 3 is 2.58 bits per heavy atom. The summed E-state index contributed by atoms with van der Waals surface area (Å²) in [5, 5.41) is 24.3. The molecule has 4 rings (SSSR count). The highest BCUT2D eigenvalue weighted by atomic mass is 32.2. The topological polar surface area (TPSA) is 87.5 Å². The molecule has 0 bridgehead atoms. The Hall–Kier alpha value is -2.88. The Morgan fingerprint density at radius 1 is 1.00 bits per heavy atom. The number of thioether (sulfide) groups is 2. The summed E-state index contributed by atoms with van der Waals surface area (Å²) in [6.45, 7) is 0. The molecule has 4 aromatic rings. The molecular formula is C22H18N4O2S3. The van der Waals surface area contributed by atoms with Gasteiger partial charge in [-0.25, -0.2) is 5.43 Å². The second-order valence-electron chi connectivity index (χ2n) is 6.41. The number of nitrogens with one attached hydrogen (secondary N) is 1. The zero-order chi connectivity index (χ0) is 21.5. The standard InChI is InChI=1S/C22H18N4O2S3/c27-19-11-10-16-8-4-5-9-17(16)18(19)12-23-24-20(28)14-30-22-26-25-21(31-22)29-13-15-6-2-1-3-7-15/h1-12,27H,13-14H2,(H,24,28)/b23-12-. The predicted octanol–water partition coefficient (Wildman–Crippen LogP) is 4.93. The maximum absolute atomic E-state index is 12.1. The first kappa shape index (κ1) is 21.4. The Balaban J connectivity index is 1.27. The molecule has 3 aromatic carbocycles. The number of benzene rings is 3. The Kier molecular flexibility index (Phi) is 7.18. The van der Waals surface area contributed by atoms with Crippen molar-refractivity contribution in [3.05, 3.63) is 77.9 Å². The highest BCUT2D eigenvalue weighted by Crippen LogP contribution is 2.30. The number of fused-ring (bicyclic) bond motifs is 1. The Bertz CT molecular complexity index is 1210. The van der Waals surface area contributed by atoms with Gasteiger partial charge in [0.15, 0.2) is 8.68 Å². The van der Waals surface area contributed by atoms with Gasteiger partial charge in [0.2, 0.25) is 0 Å². The van der Waals surface area contributed by atoms with Crippen LogP contribution in [0.15, 0.2) is 80.5 Å². The maximum atomic E-state index is 12.1. The Morgan fingerprint density at radius 2 is 1.74 bits per heavy atom. The van der Waals surface area contributed by atoms with Crippen LogP contribution < -0.4 is 5.43 Å². The van der Waals surface area contributed by atoms with Gasteiger partial charge in [0.1, 0.15) is 5.75 Å². The summed E-state index contributed by atoms with van der Waals surface area (Å²) in [5.41, 5.74) is 4.29. The van der Waals surface area contributed by atoms with Crippen molar-refractivity contribution in [2.24, 2.45) is 5.10 Å². The van der Waals surface area contributed by atoms with Gasteiger partial charge in [-0.05, 0) is 22.4 Å². The first-order valence-electron chi connectivity index (χ1n) is 9.35. The van der Waals surface area contributed by atoms with Crippen LogP contribution in [-0.4, -0.2) is 33.2 Å². The van der Waals surface area contributed by atoms with Crippen molar-refractivity contribution in [2.75, 3.05) is 5.75 Å². The minimum absolute atomic E-state index is 0.112. The van der Waals surface area contributed by atoms with Crippen molar-refractivity contribution >= 4 is 57.8 Å². The van der Waals surface area contributed by atoms with E-state index in [1.54, 1.807) is 17.8 Å². The van der Waals surface area contributed by atoms with Gasteiger partial charge in [0, 0.05) is 11.3 Å². The second kappa shape index (κ2) is 10.4. The zero-order valence-corrected chi connectivity index (χ0v) is 18.7. The summed E-state index contributed by atoms with van der Waals surface area (Å²) in [4.78, 5) is 12.1. The van der Waals surface area contributed by atoms with Gasteiger partial charge < -0.3 is 5.11 Å². The molecule has 0 aliphatic carbocycles. The summed E-state index contributed by atoms with van der Waals surface area (Å²) >= 11 is 4.42. The lowest BCUT2D eigenvalue weighted by Crippen LogP contribution is -2.19. The molecular weight excluding hydrogens is 448 g/mol. The zero-order valence-electron chi connectivity index (χ0n) is 16.3. The molecule has 0 aliphatic rings. The summed E-state index contributed by atoms with van der Waals surface area (Å²) in [6, 6.07) is 21.3. The van der Waals surface area contributed by atoms with Crippen molar-refractivity contribution in [3.63, 3.8) is 0 Å². The molecule has 0 saturated heterocycles. The highest BCUT2D eigenvalue weighted by molar-refractivity contribution is 8.03. The molecule has 0 radical (unpaired) electrons. The number of phenolic OH excluding ortho intramolecular Hbond substituents is 1. The molecule has 0 fully saturated rings. The molecule has 0 spiro atoms. The monoisotopic (exact) mass is 466 g/mol. The van der Waals surface area contributed by atoms with E-state index in [2.05, 4.69) is 32.9 Å². The van der Waals surface area contributed by atoms with Crippen LogP contribution in [0.2, 0.25) is 0 Å². The fourth-order valence-electron chi connectivity index (χ4n) is 2.78. The molecule has 31 heavy (non-hydrogen) atoms. The number of hydrogen-bond donors (Lipinski definition) is 2. The maximum Gasteiger partial charge on any atom is 0.250 e. The quantitative estimate of drug-likeness (QED) is 0.217. The predicted molar refractivity (Wildman–Crippen MR) is 128 cm³/mol. The van der Waals surface area contributed by atoms with E-state index in [0.717, 1.165) is 25.2 Å². The first-order chi connectivity index (χ1) is 15.2. The third-order valence-corrected chi connectivity index (χ3v) is 7.51. The van der Waals surface area contributed by atoms with Gasteiger partial charge in [-0.2, -0.15) is 5.10 Å². The molecule has 6 nitrogen and oxygen atoms in total. The van der Waals surface area contributed by atoms with Crippen LogP contribution in [0.3, 0.4) is 0 Å². The van der Waals surface area contributed by atoms with Gasteiger partial charge >= 0.3 is 0 Å². The number of carbonyl (C=O) groups excluding carboxylic acids is 1. The van der Waals surface area contributed by atoms with Crippen molar-refractivity contribution < 1.29 is 9.90 Å². The fraction of sp³-hybridized carbons (Fsp3) is 0.0909. The molecule has 2 N–H and O–H groups in total. The van der Waals surface area contributed by atoms with Crippen LogP contribution in [0.1, 0.15) is 11.1 Å². The average Bonchev–Trinajstić information content (AvgIpc) is 3.26. The van der Waals surface area contributed by atoms with Gasteiger partial charge in [-0.15, -0.1) is 10.2 Å². The number of aromatic nitrogens is 2. The van der Waals surface area contributed by atoms with Crippen molar-refractivity contribution in [1.82, 2.24) is 15.6 Å². The lowest BCUT2D eigenvalue weighted by molar-refractivity contribution is -0.118. The molecule has 9 heteroatoms. The van der Waals surface area contributed by atoms with E-state index in [-0.39, 0.29) is 17.4 Å². The molecule has 156 valence electrons. The SMILES string of the molecule is O=C(CSc1nnc(SCc2ccccc2)s1)N/N=C\c1c(O)ccc2ccccc12. The number of nitrogens with zero attached hydrogens (tertiary/aromatic N) is 3.